The highest BCUT2D eigenvalue weighted by Gasteiger charge is 2.33. The van der Waals surface area contributed by atoms with Crippen molar-refractivity contribution < 1.29 is 0 Å². The van der Waals surface area contributed by atoms with Crippen molar-refractivity contribution in [2.24, 2.45) is 0 Å². The predicted octanol–water partition coefficient (Wildman–Crippen LogP) is -0.665. The van der Waals surface area contributed by atoms with Crippen LogP contribution in [0.4, 0.5) is 0 Å². The molecule has 1 radical (unpaired) electrons. The van der Waals surface area contributed by atoms with Crippen LogP contribution >= 0.6 is 0 Å². The van der Waals surface area contributed by atoms with E-state index < -0.39 is 0 Å². The average molecular weight is 97.1 g/mol. The molecule has 3 fully saturated rings. The zero-order valence-corrected chi connectivity index (χ0v) is 4.22. The number of fused-ring (bicyclic) bond motifs is 2. The highest BCUT2D eigenvalue weighted by atomic mass is 15.1. The third-order valence-corrected chi connectivity index (χ3v) is 1.73. The zero-order chi connectivity index (χ0) is 4.69. The smallest absolute Gasteiger partial charge is 0.0390 e. The molecule has 3 aliphatic rings. The van der Waals surface area contributed by atoms with E-state index >= 15 is 0 Å². The second kappa shape index (κ2) is 1.20. The van der Waals surface area contributed by atoms with Gasteiger partial charge in [-0.15, -0.1) is 0 Å². The number of hydrogen-bond donors (Lipinski definition) is 1. The monoisotopic (exact) mass is 97.1 g/mol. The molecule has 0 aromatic heterocycles. The van der Waals surface area contributed by atoms with Gasteiger partial charge >= 0.3 is 0 Å². The van der Waals surface area contributed by atoms with Crippen LogP contribution in [0.15, 0.2) is 0 Å². The second-order valence-corrected chi connectivity index (χ2v) is 2.35. The largest absolute Gasteiger partial charge is 0.314 e. The fraction of sp³-hybridized carbons (Fsp3) is 1.00. The van der Waals surface area contributed by atoms with Gasteiger partial charge in [0.05, 0.1) is 0 Å². The minimum absolute atomic E-state index is 0.693. The first kappa shape index (κ1) is 3.87. The first-order valence-electron chi connectivity index (χ1n) is 2.86. The normalized spacial score (nSPS) is 48.0. The van der Waals surface area contributed by atoms with Gasteiger partial charge in [-0.2, -0.15) is 0 Å². The van der Waals surface area contributed by atoms with E-state index in [1.54, 1.807) is 0 Å². The molecule has 3 rings (SSSR count). The van der Waals surface area contributed by atoms with Crippen molar-refractivity contribution >= 4 is 0 Å². The number of nitrogens with one attached hydrogen (secondary N) is 1. The van der Waals surface area contributed by atoms with E-state index in [0.717, 1.165) is 13.1 Å². The maximum absolute atomic E-state index is 4.36. The van der Waals surface area contributed by atoms with Gasteiger partial charge in [0.25, 0.3) is 0 Å². The van der Waals surface area contributed by atoms with Crippen molar-refractivity contribution in [2.75, 3.05) is 13.1 Å². The molecule has 39 valence electrons. The van der Waals surface area contributed by atoms with Crippen LogP contribution < -0.4 is 10.6 Å². The summed E-state index contributed by atoms with van der Waals surface area (Å²) in [6.45, 7) is 2.27. The van der Waals surface area contributed by atoms with Gasteiger partial charge in [-0.25, -0.2) is 5.32 Å². The number of piperazine rings is 1. The lowest BCUT2D eigenvalue weighted by molar-refractivity contribution is 0.193. The predicted molar refractivity (Wildman–Crippen MR) is 27.2 cm³/mol. The maximum Gasteiger partial charge on any atom is 0.0390 e. The van der Waals surface area contributed by atoms with Gasteiger partial charge in [0.1, 0.15) is 0 Å². The fourth-order valence-electron chi connectivity index (χ4n) is 1.28. The zero-order valence-electron chi connectivity index (χ0n) is 4.22. The van der Waals surface area contributed by atoms with Crippen LogP contribution in [0.3, 0.4) is 0 Å². The Hall–Kier alpha value is -0.0800. The summed E-state index contributed by atoms with van der Waals surface area (Å²) >= 11 is 0. The molecule has 0 spiro atoms. The van der Waals surface area contributed by atoms with Crippen LogP contribution in [-0.4, -0.2) is 25.2 Å². The molecule has 0 aromatic carbocycles. The van der Waals surface area contributed by atoms with Crippen molar-refractivity contribution in [2.45, 2.75) is 18.5 Å². The molecule has 2 heteroatoms. The van der Waals surface area contributed by atoms with Crippen LogP contribution in [0.2, 0.25) is 0 Å². The van der Waals surface area contributed by atoms with E-state index in [2.05, 4.69) is 10.6 Å². The SMILES string of the molecule is C1NCC2CC1[N]2. The van der Waals surface area contributed by atoms with Gasteiger partial charge in [0, 0.05) is 25.2 Å². The number of nitrogens with zero attached hydrogens (tertiary/aromatic N) is 1. The van der Waals surface area contributed by atoms with Crippen LogP contribution in [0.25, 0.3) is 0 Å². The minimum atomic E-state index is 0.693. The molecule has 1 N–H and O–H groups in total. The Labute approximate surface area is 43.3 Å². The highest BCUT2D eigenvalue weighted by Crippen LogP contribution is 2.16. The molecule has 3 aliphatic heterocycles. The summed E-state index contributed by atoms with van der Waals surface area (Å²) in [5.74, 6) is 0. The third kappa shape index (κ3) is 0.469. The van der Waals surface area contributed by atoms with E-state index in [4.69, 9.17) is 0 Å². The van der Waals surface area contributed by atoms with Gasteiger partial charge in [0.15, 0.2) is 0 Å². The molecule has 2 atom stereocenters. The summed E-state index contributed by atoms with van der Waals surface area (Å²) in [7, 11) is 0. The van der Waals surface area contributed by atoms with Crippen molar-refractivity contribution in [3.8, 4) is 0 Å². The van der Waals surface area contributed by atoms with E-state index in [1.807, 2.05) is 0 Å². The van der Waals surface area contributed by atoms with Crippen molar-refractivity contribution in [3.05, 3.63) is 0 Å². The summed E-state index contributed by atoms with van der Waals surface area (Å²) in [4.78, 5) is 0. The Morgan fingerprint density at radius 2 is 1.86 bits per heavy atom. The molecule has 0 aliphatic carbocycles. The molecule has 7 heavy (non-hydrogen) atoms. The Kier molecular flexibility index (Phi) is 0.664. The van der Waals surface area contributed by atoms with E-state index in [9.17, 15) is 0 Å². The first-order chi connectivity index (χ1) is 3.45. The molecule has 2 bridgehead atoms. The summed E-state index contributed by atoms with van der Waals surface area (Å²) < 4.78 is 0. The molecule has 0 aromatic rings. The van der Waals surface area contributed by atoms with E-state index in [1.165, 1.54) is 6.42 Å². The van der Waals surface area contributed by atoms with E-state index in [0.29, 0.717) is 12.1 Å². The standard InChI is InChI=1S/C5H9N2/c1-4-2-6-3-5(1)7-4/h4-6H,1-3H2. The van der Waals surface area contributed by atoms with Gasteiger partial charge in [-0.05, 0) is 6.42 Å². The summed E-state index contributed by atoms with van der Waals surface area (Å²) in [6.07, 6.45) is 1.35. The molecule has 3 heterocycles. The fourth-order valence-corrected chi connectivity index (χ4v) is 1.28. The molecular formula is C5H9N2. The summed E-state index contributed by atoms with van der Waals surface area (Å²) in [5.41, 5.74) is 0. The molecular weight excluding hydrogens is 88.1 g/mol. The lowest BCUT2D eigenvalue weighted by atomic mass is 9.93. The topological polar surface area (TPSA) is 26.1 Å². The quantitative estimate of drug-likeness (QED) is 0.426. The van der Waals surface area contributed by atoms with Gasteiger partial charge < -0.3 is 5.32 Å². The molecule has 3 saturated heterocycles. The van der Waals surface area contributed by atoms with Crippen molar-refractivity contribution in [1.29, 1.82) is 0 Å². The minimum Gasteiger partial charge on any atom is -0.314 e. The van der Waals surface area contributed by atoms with Gasteiger partial charge in [-0.3, -0.25) is 0 Å². The van der Waals surface area contributed by atoms with Crippen LogP contribution in [0.5, 0.6) is 0 Å². The van der Waals surface area contributed by atoms with Crippen LogP contribution in [0, 0.1) is 0 Å². The Balaban J connectivity index is 1.99. The highest BCUT2D eigenvalue weighted by molar-refractivity contribution is 4.95. The number of rotatable bonds is 0. The van der Waals surface area contributed by atoms with Crippen LogP contribution in [0.1, 0.15) is 6.42 Å². The summed E-state index contributed by atoms with van der Waals surface area (Å²) in [5, 5.41) is 7.66. The van der Waals surface area contributed by atoms with Crippen LogP contribution in [-0.2, 0) is 0 Å². The van der Waals surface area contributed by atoms with Gasteiger partial charge in [-0.1, -0.05) is 0 Å². The molecule has 2 unspecified atom stereocenters. The van der Waals surface area contributed by atoms with Crippen molar-refractivity contribution in [1.82, 2.24) is 10.6 Å². The van der Waals surface area contributed by atoms with Crippen molar-refractivity contribution in [3.63, 3.8) is 0 Å². The molecule has 0 amide bonds. The lowest BCUT2D eigenvalue weighted by Crippen LogP contribution is -2.61. The average Bonchev–Trinajstić information content (AvgIpc) is 1.67. The Bertz CT molecular complexity index is 62.6. The Morgan fingerprint density at radius 3 is 2.00 bits per heavy atom. The summed E-state index contributed by atoms with van der Waals surface area (Å²) in [6, 6.07) is 1.39. The molecule has 2 nitrogen and oxygen atoms in total. The third-order valence-electron chi connectivity index (χ3n) is 1.73. The Morgan fingerprint density at radius 1 is 1.29 bits per heavy atom. The van der Waals surface area contributed by atoms with E-state index in [-0.39, 0.29) is 0 Å². The second-order valence-electron chi connectivity index (χ2n) is 2.35. The molecule has 0 saturated carbocycles. The number of hydrogen-bond acceptors (Lipinski definition) is 1. The number of piperidine rings is 1. The lowest BCUT2D eigenvalue weighted by Gasteiger charge is -2.40. The first-order valence-corrected chi connectivity index (χ1v) is 2.86. The van der Waals surface area contributed by atoms with Gasteiger partial charge in [0.2, 0.25) is 0 Å². The maximum atomic E-state index is 4.36.